The Bertz CT molecular complexity index is 466. The van der Waals surface area contributed by atoms with E-state index in [9.17, 15) is 9.90 Å². The zero-order valence-electron chi connectivity index (χ0n) is 11.6. The summed E-state index contributed by atoms with van der Waals surface area (Å²) in [7, 11) is 1.43. The maximum absolute atomic E-state index is 11.6. The molecule has 0 aromatic heterocycles. The molecule has 0 bridgehead atoms. The number of benzene rings is 1. The van der Waals surface area contributed by atoms with Crippen molar-refractivity contribution in [3.05, 3.63) is 34.3 Å². The maximum atomic E-state index is 11.6. The Hall–Kier alpha value is -0.910. The molecule has 2 unspecified atom stereocenters. The fraction of sp³-hybridized carbons (Fsp3) is 0.533. The highest BCUT2D eigenvalue weighted by Gasteiger charge is 2.27. The van der Waals surface area contributed by atoms with Gasteiger partial charge in [-0.1, -0.05) is 28.1 Å². The Kier molecular flexibility index (Phi) is 5.57. The highest BCUT2D eigenvalue weighted by molar-refractivity contribution is 9.10. The number of esters is 1. The van der Waals surface area contributed by atoms with Crippen LogP contribution in [0.1, 0.15) is 24.5 Å². The van der Waals surface area contributed by atoms with Crippen molar-refractivity contribution in [1.29, 1.82) is 0 Å². The Morgan fingerprint density at radius 2 is 2.40 bits per heavy atom. The number of ether oxygens (including phenoxy) is 1. The summed E-state index contributed by atoms with van der Waals surface area (Å²) in [6.07, 6.45) is 1.30. The van der Waals surface area contributed by atoms with Gasteiger partial charge in [-0.25, -0.2) is 0 Å². The third-order valence-corrected chi connectivity index (χ3v) is 4.20. The van der Waals surface area contributed by atoms with E-state index < -0.39 is 6.10 Å². The van der Waals surface area contributed by atoms with Gasteiger partial charge in [0.15, 0.2) is 0 Å². The molecule has 1 fully saturated rings. The third kappa shape index (κ3) is 4.04. The van der Waals surface area contributed by atoms with Crippen LogP contribution >= 0.6 is 15.9 Å². The molecule has 4 nitrogen and oxygen atoms in total. The quantitative estimate of drug-likeness (QED) is 0.854. The minimum absolute atomic E-state index is 0.0662. The number of aliphatic hydroxyl groups is 1. The van der Waals surface area contributed by atoms with Crippen molar-refractivity contribution in [2.75, 3.05) is 26.7 Å². The first-order chi connectivity index (χ1) is 9.60. The van der Waals surface area contributed by atoms with Gasteiger partial charge in [0.25, 0.3) is 0 Å². The van der Waals surface area contributed by atoms with Crippen LogP contribution in [0.3, 0.4) is 0 Å². The summed E-state index contributed by atoms with van der Waals surface area (Å²) in [4.78, 5) is 13.7. The lowest BCUT2D eigenvalue weighted by Crippen LogP contribution is -2.41. The summed E-state index contributed by atoms with van der Waals surface area (Å²) in [5.74, 6) is -0.213. The molecule has 0 aliphatic carbocycles. The van der Waals surface area contributed by atoms with Crippen molar-refractivity contribution in [3.63, 3.8) is 0 Å². The predicted octanol–water partition coefficient (Wildman–Crippen LogP) is 2.37. The number of rotatable bonds is 4. The molecule has 1 saturated heterocycles. The van der Waals surface area contributed by atoms with Gasteiger partial charge in [-0.05, 0) is 37.1 Å². The molecule has 1 N–H and O–H groups in total. The van der Waals surface area contributed by atoms with Crippen molar-refractivity contribution < 1.29 is 14.6 Å². The number of piperidine rings is 1. The van der Waals surface area contributed by atoms with Gasteiger partial charge in [-0.15, -0.1) is 0 Å². The summed E-state index contributed by atoms with van der Waals surface area (Å²) in [5.41, 5.74) is 0.888. The van der Waals surface area contributed by atoms with Gasteiger partial charge >= 0.3 is 5.97 Å². The lowest BCUT2D eigenvalue weighted by atomic mass is 9.97. The van der Waals surface area contributed by atoms with E-state index >= 15 is 0 Å². The van der Waals surface area contributed by atoms with Crippen LogP contribution in [-0.4, -0.2) is 42.7 Å². The smallest absolute Gasteiger partial charge is 0.309 e. The van der Waals surface area contributed by atoms with Crippen molar-refractivity contribution in [2.24, 2.45) is 5.92 Å². The molecule has 110 valence electrons. The number of methoxy groups -OCH3 is 1. The highest BCUT2D eigenvalue weighted by atomic mass is 79.9. The number of hydrogen-bond donors (Lipinski definition) is 1. The summed E-state index contributed by atoms with van der Waals surface area (Å²) < 4.78 is 5.77. The predicted molar refractivity (Wildman–Crippen MR) is 80.3 cm³/mol. The van der Waals surface area contributed by atoms with Crippen LogP contribution in [0.2, 0.25) is 0 Å². The van der Waals surface area contributed by atoms with E-state index in [4.69, 9.17) is 4.74 Å². The minimum atomic E-state index is -0.538. The van der Waals surface area contributed by atoms with E-state index in [0.717, 1.165) is 29.4 Å². The number of halogens is 1. The van der Waals surface area contributed by atoms with Crippen LogP contribution in [-0.2, 0) is 9.53 Å². The lowest BCUT2D eigenvalue weighted by molar-refractivity contribution is -0.147. The zero-order valence-corrected chi connectivity index (χ0v) is 13.2. The Labute approximate surface area is 127 Å². The third-order valence-electron chi connectivity index (χ3n) is 3.70. The largest absolute Gasteiger partial charge is 0.469 e. The van der Waals surface area contributed by atoms with Crippen LogP contribution in [0.25, 0.3) is 0 Å². The molecule has 1 aromatic carbocycles. The summed E-state index contributed by atoms with van der Waals surface area (Å²) in [6, 6.07) is 7.68. The van der Waals surface area contributed by atoms with Gasteiger partial charge in [0.05, 0.1) is 19.1 Å². The van der Waals surface area contributed by atoms with Gasteiger partial charge in [0.1, 0.15) is 0 Å². The van der Waals surface area contributed by atoms with Gasteiger partial charge in [0.2, 0.25) is 0 Å². The number of β-amino-alcohol motifs (C(OH)–C–C–N with tert-alkyl or cyclic N) is 1. The summed E-state index contributed by atoms with van der Waals surface area (Å²) in [5, 5.41) is 10.3. The fourth-order valence-corrected chi connectivity index (χ4v) is 3.06. The Morgan fingerprint density at radius 3 is 3.10 bits per heavy atom. The van der Waals surface area contributed by atoms with Crippen LogP contribution in [0.15, 0.2) is 28.7 Å². The number of nitrogens with zero attached hydrogens (tertiary/aromatic N) is 1. The molecule has 1 aromatic rings. The van der Waals surface area contributed by atoms with Crippen molar-refractivity contribution in [1.82, 2.24) is 4.90 Å². The van der Waals surface area contributed by atoms with Crippen molar-refractivity contribution in [3.8, 4) is 0 Å². The monoisotopic (exact) mass is 341 g/mol. The SMILES string of the molecule is COC(=O)C1CCCN(CC(O)c2cccc(Br)c2)C1. The summed E-state index contributed by atoms with van der Waals surface area (Å²) >= 11 is 3.41. The molecule has 1 aliphatic heterocycles. The molecular weight excluding hydrogens is 322 g/mol. The van der Waals surface area contributed by atoms with E-state index in [-0.39, 0.29) is 11.9 Å². The average Bonchev–Trinajstić information content (AvgIpc) is 2.46. The second-order valence-corrected chi connectivity index (χ2v) is 6.11. The molecule has 2 atom stereocenters. The van der Waals surface area contributed by atoms with E-state index in [1.54, 1.807) is 0 Å². The molecule has 1 heterocycles. The van der Waals surface area contributed by atoms with Crippen LogP contribution < -0.4 is 0 Å². The molecule has 0 spiro atoms. The number of carbonyl (C=O) groups is 1. The standard InChI is InChI=1S/C15H20BrNO3/c1-20-15(19)12-5-3-7-17(9-12)10-14(18)11-4-2-6-13(16)8-11/h2,4,6,8,12,14,18H,3,5,7,9-10H2,1H3. The molecule has 0 saturated carbocycles. The van der Waals surface area contributed by atoms with Crippen molar-refractivity contribution >= 4 is 21.9 Å². The van der Waals surface area contributed by atoms with Crippen LogP contribution in [0.4, 0.5) is 0 Å². The Balaban J connectivity index is 1.94. The second-order valence-electron chi connectivity index (χ2n) is 5.19. The van der Waals surface area contributed by atoms with Gasteiger partial charge < -0.3 is 9.84 Å². The molecular formula is C15H20BrNO3. The number of carbonyl (C=O) groups excluding carboxylic acids is 1. The number of likely N-dealkylation sites (tertiary alicyclic amines) is 1. The molecule has 2 rings (SSSR count). The van der Waals surface area contributed by atoms with Crippen molar-refractivity contribution in [2.45, 2.75) is 18.9 Å². The lowest BCUT2D eigenvalue weighted by Gasteiger charge is -2.32. The van der Waals surface area contributed by atoms with Gasteiger partial charge in [-0.2, -0.15) is 0 Å². The van der Waals surface area contributed by atoms with Gasteiger partial charge in [0, 0.05) is 17.6 Å². The van der Waals surface area contributed by atoms with E-state index in [0.29, 0.717) is 13.1 Å². The van der Waals surface area contributed by atoms with E-state index in [1.807, 2.05) is 24.3 Å². The Morgan fingerprint density at radius 1 is 1.60 bits per heavy atom. The first kappa shape index (κ1) is 15.5. The number of aliphatic hydroxyl groups excluding tert-OH is 1. The normalized spacial score (nSPS) is 21.4. The first-order valence-corrected chi connectivity index (χ1v) is 7.63. The van der Waals surface area contributed by atoms with Gasteiger partial charge in [-0.3, -0.25) is 9.69 Å². The topological polar surface area (TPSA) is 49.8 Å². The average molecular weight is 342 g/mol. The van der Waals surface area contributed by atoms with E-state index in [1.165, 1.54) is 7.11 Å². The fourth-order valence-electron chi connectivity index (χ4n) is 2.64. The molecule has 0 amide bonds. The first-order valence-electron chi connectivity index (χ1n) is 6.84. The van der Waals surface area contributed by atoms with E-state index in [2.05, 4.69) is 20.8 Å². The van der Waals surface area contributed by atoms with Crippen LogP contribution in [0.5, 0.6) is 0 Å². The van der Waals surface area contributed by atoms with Crippen LogP contribution in [0, 0.1) is 5.92 Å². The molecule has 5 heteroatoms. The zero-order chi connectivity index (χ0) is 14.5. The number of hydrogen-bond acceptors (Lipinski definition) is 4. The highest BCUT2D eigenvalue weighted by Crippen LogP contribution is 2.23. The summed E-state index contributed by atoms with van der Waals surface area (Å²) in [6.45, 7) is 2.13. The minimum Gasteiger partial charge on any atom is -0.469 e. The molecule has 20 heavy (non-hydrogen) atoms. The second kappa shape index (κ2) is 7.20. The molecule has 1 aliphatic rings. The maximum Gasteiger partial charge on any atom is 0.309 e. The molecule has 0 radical (unpaired) electrons.